The summed E-state index contributed by atoms with van der Waals surface area (Å²) in [5.74, 6) is -0.584. The molecule has 0 fully saturated rings. The van der Waals surface area contributed by atoms with Gasteiger partial charge in [-0.05, 0) is 53.6 Å². The van der Waals surface area contributed by atoms with Crippen molar-refractivity contribution in [1.82, 2.24) is 5.48 Å². The van der Waals surface area contributed by atoms with Crippen molar-refractivity contribution in [1.29, 1.82) is 0 Å². The number of phenolic OH excluding ortho intramolecular Hbond substituents is 1. The molecule has 6 heteroatoms. The molecule has 0 saturated carbocycles. The van der Waals surface area contributed by atoms with Crippen LogP contribution in [0.1, 0.15) is 48.4 Å². The summed E-state index contributed by atoms with van der Waals surface area (Å²) < 4.78 is 14.8. The molecule has 0 saturated heterocycles. The lowest BCUT2D eigenvalue weighted by Gasteiger charge is -2.15. The van der Waals surface area contributed by atoms with Crippen molar-refractivity contribution in [3.05, 3.63) is 74.7 Å². The van der Waals surface area contributed by atoms with E-state index in [9.17, 15) is 9.50 Å². The molecule has 0 atom stereocenters. The van der Waals surface area contributed by atoms with Gasteiger partial charge in [-0.1, -0.05) is 49.7 Å². The van der Waals surface area contributed by atoms with Crippen LogP contribution in [0.25, 0.3) is 0 Å². The maximum atomic E-state index is 14.8. The lowest BCUT2D eigenvalue weighted by atomic mass is 9.95. The lowest BCUT2D eigenvalue weighted by Crippen LogP contribution is -2.10. The largest absolute Gasteiger partial charge is 0.508 e. The number of hydroxylamine groups is 1. The van der Waals surface area contributed by atoms with E-state index in [4.69, 9.17) is 28.0 Å². The number of benzene rings is 2. The number of hydrogen-bond donors (Lipinski definition) is 2. The van der Waals surface area contributed by atoms with Gasteiger partial charge in [0.15, 0.2) is 0 Å². The van der Waals surface area contributed by atoms with Crippen LogP contribution in [0.5, 0.6) is 5.75 Å². The van der Waals surface area contributed by atoms with Gasteiger partial charge < -0.3 is 5.11 Å². The number of phenols is 1. The van der Waals surface area contributed by atoms with E-state index in [1.807, 2.05) is 26.0 Å². The molecule has 2 rings (SSSR count). The highest BCUT2D eigenvalue weighted by molar-refractivity contribution is 6.36. The fraction of sp³-hybridized carbons (Fsp3) is 0.333. The normalized spacial score (nSPS) is 11.1. The Bertz CT molecular complexity index is 814. The third kappa shape index (κ3) is 5.38. The average Bonchev–Trinajstić information content (AvgIpc) is 2.58. The summed E-state index contributed by atoms with van der Waals surface area (Å²) in [6, 6.07) is 6.75. The number of aryl methyl sites for hydroxylation is 1. The van der Waals surface area contributed by atoms with E-state index in [-0.39, 0.29) is 18.1 Å². The zero-order valence-electron chi connectivity index (χ0n) is 15.7. The van der Waals surface area contributed by atoms with Gasteiger partial charge in [0.25, 0.3) is 0 Å². The summed E-state index contributed by atoms with van der Waals surface area (Å²) >= 11 is 12.9. The van der Waals surface area contributed by atoms with Crippen molar-refractivity contribution in [3.8, 4) is 5.75 Å². The second-order valence-electron chi connectivity index (χ2n) is 6.75. The van der Waals surface area contributed by atoms with Crippen molar-refractivity contribution >= 4 is 23.2 Å². The Morgan fingerprint density at radius 2 is 1.89 bits per heavy atom. The minimum Gasteiger partial charge on any atom is -0.508 e. The van der Waals surface area contributed by atoms with E-state index >= 15 is 0 Å². The summed E-state index contributed by atoms with van der Waals surface area (Å²) in [4.78, 5) is 4.82. The summed E-state index contributed by atoms with van der Waals surface area (Å²) in [5.41, 5.74) is 5.82. The summed E-state index contributed by atoms with van der Waals surface area (Å²) in [5, 5.41) is 10.9. The first-order chi connectivity index (χ1) is 12.7. The Morgan fingerprint density at radius 3 is 2.44 bits per heavy atom. The Balaban J connectivity index is 2.25. The SMILES string of the molecule is C=C(CCc1cc(Cl)c(Cc2ccc(O)c(C(C)C)c2F)c(Cl)c1)NOC. The first-order valence-corrected chi connectivity index (χ1v) is 9.44. The molecule has 2 N–H and O–H groups in total. The van der Waals surface area contributed by atoms with E-state index < -0.39 is 5.82 Å². The zero-order valence-corrected chi connectivity index (χ0v) is 17.2. The fourth-order valence-corrected chi connectivity index (χ4v) is 3.63. The molecule has 0 radical (unpaired) electrons. The molecular weight excluding hydrogens is 388 g/mol. The van der Waals surface area contributed by atoms with Crippen LogP contribution in [0, 0.1) is 5.82 Å². The molecule has 0 amide bonds. The number of aromatic hydroxyl groups is 1. The van der Waals surface area contributed by atoms with Gasteiger partial charge in [-0.15, -0.1) is 0 Å². The molecule has 2 aromatic carbocycles. The molecule has 0 heterocycles. The minimum atomic E-state index is -0.414. The van der Waals surface area contributed by atoms with Crippen molar-refractivity contribution < 1.29 is 14.3 Å². The van der Waals surface area contributed by atoms with Crippen LogP contribution >= 0.6 is 23.2 Å². The lowest BCUT2D eigenvalue weighted by molar-refractivity contribution is 0.115. The summed E-state index contributed by atoms with van der Waals surface area (Å²) in [6.07, 6.45) is 1.62. The van der Waals surface area contributed by atoms with E-state index in [0.29, 0.717) is 39.6 Å². The van der Waals surface area contributed by atoms with E-state index in [1.165, 1.54) is 13.2 Å². The molecule has 0 aromatic heterocycles. The Morgan fingerprint density at radius 1 is 1.26 bits per heavy atom. The smallest absolute Gasteiger partial charge is 0.133 e. The first kappa shape index (κ1) is 21.5. The maximum Gasteiger partial charge on any atom is 0.133 e. The molecule has 27 heavy (non-hydrogen) atoms. The van der Waals surface area contributed by atoms with Crippen LogP contribution in [0.2, 0.25) is 10.0 Å². The molecule has 0 bridgehead atoms. The van der Waals surface area contributed by atoms with Crippen LogP contribution in [0.4, 0.5) is 4.39 Å². The van der Waals surface area contributed by atoms with Gasteiger partial charge >= 0.3 is 0 Å². The van der Waals surface area contributed by atoms with Crippen LogP contribution in [-0.2, 0) is 17.7 Å². The third-order valence-corrected chi connectivity index (χ3v) is 5.02. The highest BCUT2D eigenvalue weighted by atomic mass is 35.5. The van der Waals surface area contributed by atoms with Gasteiger partial charge in [0.1, 0.15) is 11.6 Å². The van der Waals surface area contributed by atoms with Crippen molar-refractivity contribution in [2.45, 2.75) is 39.0 Å². The Hall–Kier alpha value is -1.75. The number of rotatable bonds is 8. The van der Waals surface area contributed by atoms with E-state index in [1.54, 1.807) is 6.07 Å². The van der Waals surface area contributed by atoms with Crippen LogP contribution in [-0.4, -0.2) is 12.2 Å². The van der Waals surface area contributed by atoms with Gasteiger partial charge in [0.05, 0.1) is 7.11 Å². The second kappa shape index (κ2) is 9.45. The minimum absolute atomic E-state index is 0.0383. The first-order valence-electron chi connectivity index (χ1n) is 8.68. The van der Waals surface area contributed by atoms with Crippen LogP contribution in [0.15, 0.2) is 36.5 Å². The van der Waals surface area contributed by atoms with Crippen molar-refractivity contribution in [2.24, 2.45) is 0 Å². The van der Waals surface area contributed by atoms with Gasteiger partial charge in [0.2, 0.25) is 0 Å². The van der Waals surface area contributed by atoms with Gasteiger partial charge in [0, 0.05) is 27.7 Å². The fourth-order valence-electron chi connectivity index (χ4n) is 2.96. The van der Waals surface area contributed by atoms with Gasteiger partial charge in [-0.25, -0.2) is 4.39 Å². The predicted octanol–water partition coefficient (Wildman–Crippen LogP) is 6.15. The molecule has 0 aliphatic heterocycles. The van der Waals surface area contributed by atoms with E-state index in [0.717, 1.165) is 11.3 Å². The predicted molar refractivity (Wildman–Crippen MR) is 109 cm³/mol. The molecular formula is C21H24Cl2FNO2. The molecule has 0 spiro atoms. The highest BCUT2D eigenvalue weighted by Crippen LogP contribution is 2.34. The summed E-state index contributed by atoms with van der Waals surface area (Å²) in [7, 11) is 1.53. The highest BCUT2D eigenvalue weighted by Gasteiger charge is 2.18. The van der Waals surface area contributed by atoms with Crippen molar-refractivity contribution in [2.75, 3.05) is 7.11 Å². The maximum absolute atomic E-state index is 14.8. The average molecular weight is 412 g/mol. The standard InChI is InChI=1S/C21H24Cl2FNO2/c1-12(2)20-19(26)8-7-15(21(20)24)11-16-17(22)9-14(10-18(16)23)6-5-13(3)25-27-4/h7-10,12,25-26H,3,5-6,11H2,1-2,4H3. The van der Waals surface area contributed by atoms with Crippen LogP contribution in [0.3, 0.4) is 0 Å². The molecule has 0 aliphatic rings. The monoisotopic (exact) mass is 411 g/mol. The molecule has 3 nitrogen and oxygen atoms in total. The summed E-state index contributed by atoms with van der Waals surface area (Å²) in [6.45, 7) is 7.53. The Labute approximate surface area is 169 Å². The number of halogens is 3. The van der Waals surface area contributed by atoms with Gasteiger partial charge in [-0.2, -0.15) is 0 Å². The van der Waals surface area contributed by atoms with Crippen molar-refractivity contribution in [3.63, 3.8) is 0 Å². The number of hydrogen-bond acceptors (Lipinski definition) is 3. The van der Waals surface area contributed by atoms with Gasteiger partial charge in [-0.3, -0.25) is 10.3 Å². The quantitative estimate of drug-likeness (QED) is 0.511. The zero-order chi connectivity index (χ0) is 20.1. The third-order valence-electron chi connectivity index (χ3n) is 4.34. The Kier molecular flexibility index (Phi) is 7.54. The van der Waals surface area contributed by atoms with Crippen LogP contribution < -0.4 is 5.48 Å². The van der Waals surface area contributed by atoms with E-state index in [2.05, 4.69) is 12.1 Å². The number of allylic oxidation sites excluding steroid dienone is 1. The second-order valence-corrected chi connectivity index (χ2v) is 7.57. The molecule has 0 unspecified atom stereocenters. The molecule has 146 valence electrons. The number of nitrogens with one attached hydrogen (secondary N) is 1. The molecule has 2 aromatic rings. The molecule has 0 aliphatic carbocycles. The topological polar surface area (TPSA) is 41.5 Å².